The van der Waals surface area contributed by atoms with Gasteiger partial charge in [0, 0.05) is 38.9 Å². The monoisotopic (exact) mass is 513 g/mol. The number of cyclic esters (lactones) is 1. The summed E-state index contributed by atoms with van der Waals surface area (Å²) < 4.78 is 5.52. The van der Waals surface area contributed by atoms with E-state index in [1.807, 2.05) is 12.2 Å². The van der Waals surface area contributed by atoms with E-state index in [-0.39, 0.29) is 47.8 Å². The zero-order valence-electron chi connectivity index (χ0n) is 21.3. The number of oxime groups is 1. The number of allylic oxidation sites excluding steroid dienone is 1. The van der Waals surface area contributed by atoms with E-state index in [2.05, 4.69) is 10.5 Å². The molecule has 37 heavy (non-hydrogen) atoms. The maximum atomic E-state index is 12.9. The Kier molecular flexibility index (Phi) is 10.1. The molecule has 0 unspecified atom stereocenters. The summed E-state index contributed by atoms with van der Waals surface area (Å²) in [6, 6.07) is 2.14. The van der Waals surface area contributed by atoms with Crippen molar-refractivity contribution in [1.29, 1.82) is 0 Å². The number of phenols is 2. The molecule has 1 aromatic carbocycles. The Hall–Kier alpha value is -3.82. The zero-order chi connectivity index (χ0) is 26.8. The fraction of sp³-hybridized carbons (Fsp3) is 0.481. The molecule has 2 aliphatic rings. The first-order chi connectivity index (χ1) is 17.7. The topological polar surface area (TPSA) is 138 Å². The summed E-state index contributed by atoms with van der Waals surface area (Å²) in [7, 11) is 0. The van der Waals surface area contributed by atoms with Gasteiger partial charge < -0.3 is 30.0 Å². The van der Waals surface area contributed by atoms with E-state index in [0.717, 1.165) is 25.3 Å². The van der Waals surface area contributed by atoms with Crippen LogP contribution in [0.1, 0.15) is 61.9 Å². The van der Waals surface area contributed by atoms with Gasteiger partial charge in [-0.15, -0.1) is 0 Å². The van der Waals surface area contributed by atoms with E-state index >= 15 is 0 Å². The lowest BCUT2D eigenvalue weighted by molar-refractivity contribution is -0.137. The van der Waals surface area contributed by atoms with E-state index in [1.165, 1.54) is 13.0 Å². The fourth-order valence-electron chi connectivity index (χ4n) is 4.29. The van der Waals surface area contributed by atoms with Crippen LogP contribution in [0.25, 0.3) is 0 Å². The minimum Gasteiger partial charge on any atom is -0.508 e. The molecule has 0 saturated carbocycles. The number of hydrogen-bond acceptors (Lipinski definition) is 8. The molecule has 3 rings (SSSR count). The molecular formula is C27H35N3O7. The number of nitrogens with zero attached hydrogens (tertiary/aromatic N) is 2. The maximum absolute atomic E-state index is 12.9. The number of esters is 1. The van der Waals surface area contributed by atoms with Crippen molar-refractivity contribution in [3.63, 3.8) is 0 Å². The highest BCUT2D eigenvalue weighted by atomic mass is 16.6. The Bertz CT molecular complexity index is 1070. The van der Waals surface area contributed by atoms with Crippen LogP contribution in [0.3, 0.4) is 0 Å². The molecule has 0 aromatic heterocycles. The summed E-state index contributed by atoms with van der Waals surface area (Å²) >= 11 is 0. The second-order valence-corrected chi connectivity index (χ2v) is 9.30. The number of piperidine rings is 1. The number of likely N-dealkylation sites (tertiary alicyclic amines) is 1. The van der Waals surface area contributed by atoms with E-state index in [4.69, 9.17) is 9.57 Å². The Morgan fingerprint density at radius 1 is 1.16 bits per heavy atom. The van der Waals surface area contributed by atoms with Gasteiger partial charge in [-0.05, 0) is 50.3 Å². The van der Waals surface area contributed by atoms with Crippen molar-refractivity contribution in [1.82, 2.24) is 10.2 Å². The van der Waals surface area contributed by atoms with Crippen LogP contribution >= 0.6 is 0 Å². The van der Waals surface area contributed by atoms with Crippen LogP contribution in [0, 0.1) is 0 Å². The molecule has 2 amide bonds. The zero-order valence-corrected chi connectivity index (χ0v) is 21.3. The second kappa shape index (κ2) is 13.5. The molecule has 2 heterocycles. The van der Waals surface area contributed by atoms with Crippen molar-refractivity contribution in [3.8, 4) is 11.5 Å². The predicted octanol–water partition coefficient (Wildman–Crippen LogP) is 2.98. The SMILES string of the molecule is CC(=O)N[C@H]1/C=C/C[C@@H](C)OC(=O)c2c(O)cc(O)cc2CC(=N/OCC(=O)N2CCCCC2)/C=C/C1. The number of benzene rings is 1. The van der Waals surface area contributed by atoms with Crippen molar-refractivity contribution < 1.29 is 34.2 Å². The van der Waals surface area contributed by atoms with Gasteiger partial charge >= 0.3 is 5.97 Å². The number of ether oxygens (including phenoxy) is 1. The molecule has 2 atom stereocenters. The van der Waals surface area contributed by atoms with Gasteiger partial charge in [0.1, 0.15) is 23.2 Å². The van der Waals surface area contributed by atoms with Crippen molar-refractivity contribution >= 4 is 23.5 Å². The molecule has 10 nitrogen and oxygen atoms in total. The highest BCUT2D eigenvalue weighted by Crippen LogP contribution is 2.29. The Morgan fingerprint density at radius 2 is 1.92 bits per heavy atom. The lowest BCUT2D eigenvalue weighted by Gasteiger charge is -2.26. The number of carbonyl (C=O) groups is 3. The van der Waals surface area contributed by atoms with E-state index in [0.29, 0.717) is 31.6 Å². The molecule has 1 aromatic rings. The third kappa shape index (κ3) is 8.66. The van der Waals surface area contributed by atoms with Crippen LogP contribution in [0.15, 0.2) is 41.6 Å². The van der Waals surface area contributed by atoms with E-state index < -0.39 is 17.8 Å². The fourth-order valence-corrected chi connectivity index (χ4v) is 4.29. The normalized spacial score (nSPS) is 23.8. The van der Waals surface area contributed by atoms with Gasteiger partial charge in [-0.1, -0.05) is 23.4 Å². The summed E-state index contributed by atoms with van der Waals surface area (Å²) in [4.78, 5) is 44.2. The van der Waals surface area contributed by atoms with Gasteiger partial charge in [0.15, 0.2) is 6.61 Å². The van der Waals surface area contributed by atoms with E-state index in [1.54, 1.807) is 24.0 Å². The van der Waals surface area contributed by atoms with Gasteiger partial charge in [0.05, 0.1) is 11.8 Å². The number of rotatable bonds is 4. The largest absolute Gasteiger partial charge is 0.508 e. The molecule has 3 N–H and O–H groups in total. The standard InChI is InChI=1S/C27H35N3O7/c1-18-8-6-9-21(28-19(2)31)10-7-11-22(29-36-17-25(34)30-12-4-3-5-13-30)14-20-15-23(32)16-24(33)26(20)27(35)37-18/h6-7,9,11,15-16,18,21,32-33H,3-5,8,10,12-14,17H2,1-2H3,(H,28,31)/b9-6+,11-7+,29-22+/t18-,21+/m1/s1. The average molecular weight is 514 g/mol. The number of nitrogens with one attached hydrogen (secondary N) is 1. The molecule has 2 aliphatic heterocycles. The van der Waals surface area contributed by atoms with Crippen molar-refractivity contribution in [2.75, 3.05) is 19.7 Å². The summed E-state index contributed by atoms with van der Waals surface area (Å²) in [6.45, 7) is 4.32. The minimum absolute atomic E-state index is 0.00974. The van der Waals surface area contributed by atoms with Crippen LogP contribution in [-0.2, 0) is 25.6 Å². The van der Waals surface area contributed by atoms with Crippen LogP contribution in [-0.4, -0.2) is 70.5 Å². The number of phenolic OH excluding ortho intramolecular Hbond substituents is 2. The highest BCUT2D eigenvalue weighted by molar-refractivity contribution is 6.00. The molecule has 10 heteroatoms. The molecule has 200 valence electrons. The lowest BCUT2D eigenvalue weighted by Crippen LogP contribution is -2.37. The predicted molar refractivity (Wildman–Crippen MR) is 137 cm³/mol. The average Bonchev–Trinajstić information content (AvgIpc) is 2.82. The number of hydrogen-bond donors (Lipinski definition) is 3. The van der Waals surface area contributed by atoms with Gasteiger partial charge in [0.25, 0.3) is 5.91 Å². The summed E-state index contributed by atoms with van der Waals surface area (Å²) in [5.41, 5.74) is 0.559. The van der Waals surface area contributed by atoms with Gasteiger partial charge in [-0.3, -0.25) is 9.59 Å². The summed E-state index contributed by atoms with van der Waals surface area (Å²) in [5, 5.41) is 27.5. The summed E-state index contributed by atoms with van der Waals surface area (Å²) in [5.74, 6) is -1.72. The van der Waals surface area contributed by atoms with Gasteiger partial charge in [0.2, 0.25) is 5.91 Å². The first kappa shape index (κ1) is 27.8. The Balaban J connectivity index is 1.89. The second-order valence-electron chi connectivity index (χ2n) is 9.30. The first-order valence-electron chi connectivity index (χ1n) is 12.6. The van der Waals surface area contributed by atoms with Gasteiger partial charge in [-0.25, -0.2) is 4.79 Å². The molecular weight excluding hydrogens is 478 g/mol. The molecule has 0 spiro atoms. The third-order valence-electron chi connectivity index (χ3n) is 6.07. The Labute approximate surface area is 216 Å². The number of amides is 2. The Morgan fingerprint density at radius 3 is 2.65 bits per heavy atom. The molecule has 0 radical (unpaired) electrons. The highest BCUT2D eigenvalue weighted by Gasteiger charge is 2.23. The molecule has 0 aliphatic carbocycles. The summed E-state index contributed by atoms with van der Waals surface area (Å²) in [6.07, 6.45) is 10.5. The lowest BCUT2D eigenvalue weighted by atomic mass is 9.99. The van der Waals surface area contributed by atoms with Crippen LogP contribution in [0.2, 0.25) is 0 Å². The first-order valence-corrected chi connectivity index (χ1v) is 12.6. The van der Waals surface area contributed by atoms with E-state index in [9.17, 15) is 24.6 Å². The van der Waals surface area contributed by atoms with Crippen LogP contribution < -0.4 is 5.32 Å². The van der Waals surface area contributed by atoms with Gasteiger partial charge in [-0.2, -0.15) is 0 Å². The number of carbonyl (C=O) groups excluding carboxylic acids is 3. The molecule has 0 bridgehead atoms. The van der Waals surface area contributed by atoms with Crippen molar-refractivity contribution in [2.24, 2.45) is 5.16 Å². The van der Waals surface area contributed by atoms with Crippen LogP contribution in [0.4, 0.5) is 0 Å². The van der Waals surface area contributed by atoms with Crippen molar-refractivity contribution in [3.05, 3.63) is 47.6 Å². The van der Waals surface area contributed by atoms with Crippen molar-refractivity contribution in [2.45, 2.75) is 64.5 Å². The minimum atomic E-state index is -0.742. The quantitative estimate of drug-likeness (QED) is 0.320. The third-order valence-corrected chi connectivity index (χ3v) is 6.07. The molecule has 1 saturated heterocycles. The molecule has 1 fully saturated rings. The van der Waals surface area contributed by atoms with Crippen LogP contribution in [0.5, 0.6) is 11.5 Å². The maximum Gasteiger partial charge on any atom is 0.342 e. The number of aromatic hydroxyl groups is 2. The smallest absolute Gasteiger partial charge is 0.342 e. The number of fused-ring (bicyclic) bond motifs is 1.